The van der Waals surface area contributed by atoms with Crippen LogP contribution in [-0.4, -0.2) is 22.8 Å². The SMILES string of the molecule is COc1ccc(-n2nc3c(c2NC(C)=O)CSC3)cc1. The Hall–Kier alpha value is -1.95. The number of ether oxygens (including phenoxy) is 1. The van der Waals surface area contributed by atoms with Gasteiger partial charge in [-0.15, -0.1) is 0 Å². The molecule has 0 radical (unpaired) electrons. The molecule has 3 rings (SSSR count). The molecule has 1 N–H and O–H groups in total. The van der Waals surface area contributed by atoms with Crippen molar-refractivity contribution in [1.29, 1.82) is 0 Å². The minimum atomic E-state index is -0.0839. The van der Waals surface area contributed by atoms with Gasteiger partial charge in [0, 0.05) is 24.0 Å². The second kappa shape index (κ2) is 5.20. The van der Waals surface area contributed by atoms with Gasteiger partial charge in [0.25, 0.3) is 0 Å². The third-order valence-electron chi connectivity index (χ3n) is 3.16. The number of carbonyl (C=O) groups excluding carboxylic acids is 1. The number of amides is 1. The smallest absolute Gasteiger partial charge is 0.222 e. The van der Waals surface area contributed by atoms with Gasteiger partial charge in [0.1, 0.15) is 11.6 Å². The largest absolute Gasteiger partial charge is 0.497 e. The van der Waals surface area contributed by atoms with Crippen LogP contribution < -0.4 is 10.1 Å². The minimum Gasteiger partial charge on any atom is -0.497 e. The van der Waals surface area contributed by atoms with Crippen LogP contribution in [0.5, 0.6) is 5.75 Å². The summed E-state index contributed by atoms with van der Waals surface area (Å²) < 4.78 is 6.96. The topological polar surface area (TPSA) is 56.1 Å². The summed E-state index contributed by atoms with van der Waals surface area (Å²) in [6.07, 6.45) is 0. The highest BCUT2D eigenvalue weighted by Gasteiger charge is 2.23. The highest BCUT2D eigenvalue weighted by molar-refractivity contribution is 7.98. The first-order valence-corrected chi connectivity index (χ1v) is 7.45. The second-order valence-corrected chi connectivity index (χ2v) is 5.54. The van der Waals surface area contributed by atoms with E-state index in [0.717, 1.165) is 40.0 Å². The average molecular weight is 289 g/mol. The zero-order valence-corrected chi connectivity index (χ0v) is 12.2. The van der Waals surface area contributed by atoms with Crippen LogP contribution in [-0.2, 0) is 16.3 Å². The van der Waals surface area contributed by atoms with Gasteiger partial charge in [-0.3, -0.25) is 4.79 Å². The van der Waals surface area contributed by atoms with Gasteiger partial charge in [-0.1, -0.05) is 0 Å². The van der Waals surface area contributed by atoms with E-state index in [2.05, 4.69) is 10.4 Å². The standard InChI is InChI=1S/C14H15N3O2S/c1-9(18)15-14-12-7-20-8-13(12)16-17(14)10-3-5-11(19-2)6-4-10/h3-6H,7-8H2,1-2H3,(H,15,18). The minimum absolute atomic E-state index is 0.0839. The van der Waals surface area contributed by atoms with Crippen LogP contribution in [0.1, 0.15) is 18.2 Å². The number of benzene rings is 1. The van der Waals surface area contributed by atoms with E-state index in [9.17, 15) is 4.79 Å². The number of thioether (sulfide) groups is 1. The maximum Gasteiger partial charge on any atom is 0.222 e. The average Bonchev–Trinajstić information content (AvgIpc) is 3.01. The molecule has 1 amide bonds. The van der Waals surface area contributed by atoms with Crippen molar-refractivity contribution in [2.45, 2.75) is 18.4 Å². The van der Waals surface area contributed by atoms with Crippen molar-refractivity contribution in [2.24, 2.45) is 0 Å². The zero-order valence-electron chi connectivity index (χ0n) is 11.3. The van der Waals surface area contributed by atoms with Crippen molar-refractivity contribution >= 4 is 23.5 Å². The van der Waals surface area contributed by atoms with Crippen LogP contribution in [0.3, 0.4) is 0 Å². The van der Waals surface area contributed by atoms with E-state index < -0.39 is 0 Å². The molecule has 0 fully saturated rings. The van der Waals surface area contributed by atoms with Crippen LogP contribution >= 0.6 is 11.8 Å². The van der Waals surface area contributed by atoms with Crippen molar-refractivity contribution < 1.29 is 9.53 Å². The summed E-state index contributed by atoms with van der Waals surface area (Å²) in [7, 11) is 1.64. The quantitative estimate of drug-likeness (QED) is 0.943. The Morgan fingerprint density at radius 1 is 1.35 bits per heavy atom. The van der Waals surface area contributed by atoms with E-state index in [-0.39, 0.29) is 5.91 Å². The van der Waals surface area contributed by atoms with E-state index in [0.29, 0.717) is 0 Å². The van der Waals surface area contributed by atoms with Gasteiger partial charge in [0.05, 0.1) is 18.5 Å². The Morgan fingerprint density at radius 3 is 2.75 bits per heavy atom. The molecule has 2 heterocycles. The number of fused-ring (bicyclic) bond motifs is 1. The van der Waals surface area contributed by atoms with E-state index in [4.69, 9.17) is 4.74 Å². The fourth-order valence-corrected chi connectivity index (χ4v) is 3.25. The summed E-state index contributed by atoms with van der Waals surface area (Å²) >= 11 is 1.81. The summed E-state index contributed by atoms with van der Waals surface area (Å²) in [5.41, 5.74) is 3.09. The molecule has 2 aromatic rings. The lowest BCUT2D eigenvalue weighted by molar-refractivity contribution is -0.114. The molecule has 5 nitrogen and oxygen atoms in total. The first-order valence-electron chi connectivity index (χ1n) is 6.29. The molecule has 20 heavy (non-hydrogen) atoms. The number of hydrogen-bond acceptors (Lipinski definition) is 4. The Kier molecular flexibility index (Phi) is 3.40. The number of rotatable bonds is 3. The predicted octanol–water partition coefficient (Wildman–Crippen LogP) is 2.59. The summed E-state index contributed by atoms with van der Waals surface area (Å²) in [5.74, 6) is 3.28. The molecule has 1 aliphatic heterocycles. The number of methoxy groups -OCH3 is 1. The summed E-state index contributed by atoms with van der Waals surface area (Å²) in [6, 6.07) is 7.63. The van der Waals surface area contributed by atoms with Crippen molar-refractivity contribution in [3.05, 3.63) is 35.5 Å². The molecule has 0 aliphatic carbocycles. The van der Waals surface area contributed by atoms with Gasteiger partial charge >= 0.3 is 0 Å². The normalized spacial score (nSPS) is 13.1. The highest BCUT2D eigenvalue weighted by Crippen LogP contribution is 2.36. The molecule has 0 spiro atoms. The summed E-state index contributed by atoms with van der Waals surface area (Å²) in [6.45, 7) is 1.51. The fraction of sp³-hybridized carbons (Fsp3) is 0.286. The van der Waals surface area contributed by atoms with Crippen molar-refractivity contribution in [3.8, 4) is 11.4 Å². The lowest BCUT2D eigenvalue weighted by atomic mass is 10.2. The van der Waals surface area contributed by atoms with Crippen molar-refractivity contribution in [2.75, 3.05) is 12.4 Å². The Morgan fingerprint density at radius 2 is 2.10 bits per heavy atom. The molecule has 0 saturated carbocycles. The van der Waals surface area contributed by atoms with Crippen LogP contribution in [0.15, 0.2) is 24.3 Å². The molecule has 0 bridgehead atoms. The number of nitrogens with zero attached hydrogens (tertiary/aromatic N) is 2. The number of aromatic nitrogens is 2. The fourth-order valence-electron chi connectivity index (χ4n) is 2.22. The lowest BCUT2D eigenvalue weighted by Gasteiger charge is -2.10. The van der Waals surface area contributed by atoms with Gasteiger partial charge in [-0.25, -0.2) is 4.68 Å². The third-order valence-corrected chi connectivity index (χ3v) is 4.13. The third kappa shape index (κ3) is 2.27. The van der Waals surface area contributed by atoms with Crippen LogP contribution in [0.25, 0.3) is 5.69 Å². The maximum atomic E-state index is 11.4. The lowest BCUT2D eigenvalue weighted by Crippen LogP contribution is -2.12. The molecule has 104 valence electrons. The van der Waals surface area contributed by atoms with Crippen molar-refractivity contribution in [1.82, 2.24) is 9.78 Å². The molecule has 1 aromatic heterocycles. The van der Waals surface area contributed by atoms with Gasteiger partial charge in [-0.2, -0.15) is 16.9 Å². The Balaban J connectivity index is 2.05. The zero-order chi connectivity index (χ0) is 14.1. The van der Waals surface area contributed by atoms with E-state index >= 15 is 0 Å². The highest BCUT2D eigenvalue weighted by atomic mass is 32.2. The van der Waals surface area contributed by atoms with Gasteiger partial charge in [0.15, 0.2) is 0 Å². The van der Waals surface area contributed by atoms with E-state index in [1.165, 1.54) is 6.92 Å². The van der Waals surface area contributed by atoms with Crippen LogP contribution in [0.4, 0.5) is 5.82 Å². The number of anilines is 1. The Bertz CT molecular complexity index is 649. The monoisotopic (exact) mass is 289 g/mol. The van der Waals surface area contributed by atoms with Gasteiger partial charge < -0.3 is 10.1 Å². The molecule has 1 aliphatic rings. The Labute approximate surface area is 121 Å². The summed E-state index contributed by atoms with van der Waals surface area (Å²) in [4.78, 5) is 11.4. The molecular weight excluding hydrogens is 274 g/mol. The van der Waals surface area contributed by atoms with Gasteiger partial charge in [0.2, 0.25) is 5.91 Å². The maximum absolute atomic E-state index is 11.4. The second-order valence-electron chi connectivity index (χ2n) is 4.56. The van der Waals surface area contributed by atoms with E-state index in [1.807, 2.05) is 36.0 Å². The van der Waals surface area contributed by atoms with E-state index in [1.54, 1.807) is 11.8 Å². The first kappa shape index (κ1) is 13.1. The van der Waals surface area contributed by atoms with Crippen molar-refractivity contribution in [3.63, 3.8) is 0 Å². The van der Waals surface area contributed by atoms with Crippen LogP contribution in [0.2, 0.25) is 0 Å². The predicted molar refractivity (Wildman–Crippen MR) is 79.4 cm³/mol. The summed E-state index contributed by atoms with van der Waals surface area (Å²) in [5, 5.41) is 7.51. The number of nitrogens with one attached hydrogen (secondary N) is 1. The van der Waals surface area contributed by atoms with Crippen LogP contribution in [0, 0.1) is 0 Å². The first-order chi connectivity index (χ1) is 9.69. The number of hydrogen-bond donors (Lipinski definition) is 1. The molecule has 0 saturated heterocycles. The molecule has 6 heteroatoms. The van der Waals surface area contributed by atoms with Gasteiger partial charge in [-0.05, 0) is 24.3 Å². The molecule has 0 unspecified atom stereocenters. The molecular formula is C14H15N3O2S. The molecule has 1 aromatic carbocycles. The molecule has 0 atom stereocenters. The number of carbonyl (C=O) groups is 1.